The standard InChI is InChI=1S/C10H9BrN2O4S2/c1-13-8(10(14)17-2)4-7(12-19(13,15)16)9-3-6(11)5-18-9/h3-5H,1-2H3. The fourth-order valence-corrected chi connectivity index (χ4v) is 3.76. The second kappa shape index (κ2) is 5.06. The lowest BCUT2D eigenvalue weighted by atomic mass is 10.2. The van der Waals surface area contributed by atoms with Crippen LogP contribution < -0.4 is 0 Å². The Morgan fingerprint density at radius 1 is 1.53 bits per heavy atom. The van der Waals surface area contributed by atoms with Crippen molar-refractivity contribution in [1.82, 2.24) is 4.31 Å². The van der Waals surface area contributed by atoms with E-state index in [-0.39, 0.29) is 11.4 Å². The molecule has 1 aliphatic rings. The van der Waals surface area contributed by atoms with E-state index in [1.807, 2.05) is 0 Å². The minimum absolute atomic E-state index is 0.0722. The van der Waals surface area contributed by atoms with Gasteiger partial charge in [0.15, 0.2) is 0 Å². The van der Waals surface area contributed by atoms with Gasteiger partial charge in [-0.1, -0.05) is 0 Å². The number of nitrogens with zero attached hydrogens (tertiary/aromatic N) is 2. The average Bonchev–Trinajstić information content (AvgIpc) is 2.78. The second-order valence-corrected chi connectivity index (χ2v) is 7.03. The Morgan fingerprint density at radius 3 is 2.74 bits per heavy atom. The summed E-state index contributed by atoms with van der Waals surface area (Å²) in [5.74, 6) is -0.728. The van der Waals surface area contributed by atoms with Gasteiger partial charge < -0.3 is 4.74 Å². The van der Waals surface area contributed by atoms with Crippen molar-refractivity contribution in [3.8, 4) is 0 Å². The summed E-state index contributed by atoms with van der Waals surface area (Å²) in [6.07, 6.45) is 1.39. The Kier molecular flexibility index (Phi) is 3.79. The van der Waals surface area contributed by atoms with E-state index in [0.29, 0.717) is 4.88 Å². The van der Waals surface area contributed by atoms with Crippen LogP contribution in [-0.2, 0) is 19.7 Å². The van der Waals surface area contributed by atoms with Gasteiger partial charge >= 0.3 is 16.2 Å². The fraction of sp³-hybridized carbons (Fsp3) is 0.200. The highest BCUT2D eigenvalue weighted by molar-refractivity contribution is 9.10. The summed E-state index contributed by atoms with van der Waals surface area (Å²) in [4.78, 5) is 12.2. The Morgan fingerprint density at radius 2 is 2.21 bits per heavy atom. The van der Waals surface area contributed by atoms with Gasteiger partial charge in [0.2, 0.25) is 0 Å². The first-order valence-corrected chi connectivity index (χ1v) is 8.05. The quantitative estimate of drug-likeness (QED) is 0.746. The normalized spacial score (nSPS) is 17.7. The predicted molar refractivity (Wildman–Crippen MR) is 75.3 cm³/mol. The number of thiophene rings is 1. The maximum atomic E-state index is 11.9. The van der Waals surface area contributed by atoms with Crippen LogP contribution in [0.1, 0.15) is 4.88 Å². The van der Waals surface area contributed by atoms with E-state index in [2.05, 4.69) is 25.1 Å². The van der Waals surface area contributed by atoms with Crippen molar-refractivity contribution in [3.63, 3.8) is 0 Å². The summed E-state index contributed by atoms with van der Waals surface area (Å²) >= 11 is 4.60. The number of halogens is 1. The fourth-order valence-electron chi connectivity index (χ4n) is 1.41. The van der Waals surface area contributed by atoms with E-state index in [4.69, 9.17) is 0 Å². The van der Waals surface area contributed by atoms with Gasteiger partial charge in [0, 0.05) is 16.9 Å². The first kappa shape index (κ1) is 14.2. The molecule has 0 radical (unpaired) electrons. The molecule has 0 bridgehead atoms. The Balaban J connectivity index is 2.55. The van der Waals surface area contributed by atoms with Gasteiger partial charge in [-0.15, -0.1) is 15.7 Å². The smallest absolute Gasteiger partial charge is 0.355 e. The molecule has 0 aliphatic carbocycles. The first-order chi connectivity index (χ1) is 8.85. The highest BCUT2D eigenvalue weighted by Gasteiger charge is 2.30. The van der Waals surface area contributed by atoms with E-state index in [1.165, 1.54) is 31.6 Å². The molecule has 0 aromatic carbocycles. The van der Waals surface area contributed by atoms with Gasteiger partial charge in [-0.25, -0.2) is 9.10 Å². The highest BCUT2D eigenvalue weighted by atomic mass is 79.9. The van der Waals surface area contributed by atoms with Crippen molar-refractivity contribution in [3.05, 3.63) is 32.6 Å². The van der Waals surface area contributed by atoms with E-state index in [1.54, 1.807) is 11.4 Å². The van der Waals surface area contributed by atoms with Crippen LogP contribution >= 0.6 is 27.3 Å². The zero-order chi connectivity index (χ0) is 14.2. The highest BCUT2D eigenvalue weighted by Crippen LogP contribution is 2.25. The molecular weight excluding hydrogens is 356 g/mol. The van der Waals surface area contributed by atoms with Gasteiger partial charge in [0.05, 0.1) is 17.7 Å². The third kappa shape index (κ3) is 2.72. The monoisotopic (exact) mass is 364 g/mol. The molecule has 1 aromatic rings. The topological polar surface area (TPSA) is 76.0 Å². The lowest BCUT2D eigenvalue weighted by Crippen LogP contribution is -2.33. The number of carbonyl (C=O) groups excluding carboxylic acids is 1. The molecule has 0 amide bonds. The lowest BCUT2D eigenvalue weighted by Gasteiger charge is -2.21. The summed E-state index contributed by atoms with van der Waals surface area (Å²) in [6.45, 7) is 0. The van der Waals surface area contributed by atoms with E-state index >= 15 is 0 Å². The third-order valence-electron chi connectivity index (χ3n) is 2.39. The molecule has 0 atom stereocenters. The molecule has 102 valence electrons. The number of allylic oxidation sites excluding steroid dienone is 1. The number of carbonyl (C=O) groups is 1. The SMILES string of the molecule is COC(=O)C1=CC(c2cc(Br)cs2)=NS(=O)(=O)N1C. The number of hydrogen-bond donors (Lipinski definition) is 0. The number of methoxy groups -OCH3 is 1. The van der Waals surface area contributed by atoms with Crippen molar-refractivity contribution in [2.75, 3.05) is 14.2 Å². The van der Waals surface area contributed by atoms with Crippen molar-refractivity contribution >= 4 is 49.2 Å². The van der Waals surface area contributed by atoms with Crippen LogP contribution in [0.25, 0.3) is 0 Å². The Bertz CT molecular complexity index is 690. The van der Waals surface area contributed by atoms with Gasteiger partial charge in [0.1, 0.15) is 5.70 Å². The minimum Gasteiger partial charge on any atom is -0.464 e. The molecule has 2 heterocycles. The number of hydrogen-bond acceptors (Lipinski definition) is 5. The zero-order valence-electron chi connectivity index (χ0n) is 9.95. The zero-order valence-corrected chi connectivity index (χ0v) is 13.2. The lowest BCUT2D eigenvalue weighted by molar-refractivity contribution is -0.137. The number of likely N-dealkylation sites (N-methyl/N-ethyl adjacent to an activating group) is 1. The average molecular weight is 365 g/mol. The summed E-state index contributed by atoms with van der Waals surface area (Å²) in [5.41, 5.74) is 0.145. The van der Waals surface area contributed by atoms with Crippen LogP contribution in [0.4, 0.5) is 0 Å². The number of esters is 1. The molecule has 0 N–H and O–H groups in total. The molecule has 0 saturated carbocycles. The van der Waals surface area contributed by atoms with Crippen LogP contribution in [0.5, 0.6) is 0 Å². The molecule has 0 saturated heterocycles. The molecule has 1 aromatic heterocycles. The first-order valence-electron chi connectivity index (χ1n) is 4.98. The molecule has 1 aliphatic heterocycles. The van der Waals surface area contributed by atoms with Gasteiger partial charge in [0.25, 0.3) is 0 Å². The van der Waals surface area contributed by atoms with Crippen LogP contribution in [0.2, 0.25) is 0 Å². The molecule has 0 fully saturated rings. The minimum atomic E-state index is -3.91. The van der Waals surface area contributed by atoms with Gasteiger partial charge in [-0.2, -0.15) is 8.42 Å². The Hall–Kier alpha value is -1.19. The van der Waals surface area contributed by atoms with E-state index in [9.17, 15) is 13.2 Å². The number of ether oxygens (including phenoxy) is 1. The summed E-state index contributed by atoms with van der Waals surface area (Å²) < 4.78 is 33.6. The van der Waals surface area contributed by atoms with Crippen molar-refractivity contribution in [2.45, 2.75) is 0 Å². The molecule has 0 unspecified atom stereocenters. The molecule has 19 heavy (non-hydrogen) atoms. The summed E-state index contributed by atoms with van der Waals surface area (Å²) in [7, 11) is -1.47. The third-order valence-corrected chi connectivity index (χ3v) is 5.42. The maximum absolute atomic E-state index is 11.9. The summed E-state index contributed by atoms with van der Waals surface area (Å²) in [6, 6.07) is 1.73. The van der Waals surface area contributed by atoms with Crippen LogP contribution in [0.15, 0.2) is 32.1 Å². The second-order valence-electron chi connectivity index (χ2n) is 3.57. The van der Waals surface area contributed by atoms with Crippen molar-refractivity contribution in [2.24, 2.45) is 4.40 Å². The van der Waals surface area contributed by atoms with Crippen molar-refractivity contribution < 1.29 is 17.9 Å². The Labute approximate surface area is 122 Å². The summed E-state index contributed by atoms with van der Waals surface area (Å²) in [5, 5.41) is 1.80. The predicted octanol–water partition coefficient (Wildman–Crippen LogP) is 1.55. The molecule has 2 rings (SSSR count). The van der Waals surface area contributed by atoms with Crippen molar-refractivity contribution in [1.29, 1.82) is 0 Å². The van der Waals surface area contributed by atoms with Gasteiger partial charge in [-0.3, -0.25) is 0 Å². The molecular formula is C10H9BrN2O4S2. The van der Waals surface area contributed by atoms with E-state index < -0.39 is 16.2 Å². The van der Waals surface area contributed by atoms with Gasteiger partial charge in [-0.05, 0) is 28.1 Å². The van der Waals surface area contributed by atoms with Crippen LogP contribution in [0, 0.1) is 0 Å². The molecule has 0 spiro atoms. The van der Waals surface area contributed by atoms with E-state index in [0.717, 1.165) is 8.78 Å². The van der Waals surface area contributed by atoms with Crippen LogP contribution in [0.3, 0.4) is 0 Å². The largest absolute Gasteiger partial charge is 0.464 e. The maximum Gasteiger partial charge on any atom is 0.355 e. The number of rotatable bonds is 2. The molecule has 6 nitrogen and oxygen atoms in total. The molecule has 9 heteroatoms. The van der Waals surface area contributed by atoms with Crippen LogP contribution in [-0.4, -0.2) is 38.6 Å².